The van der Waals surface area contributed by atoms with E-state index in [9.17, 15) is 0 Å². The third-order valence-corrected chi connectivity index (χ3v) is 3.17. The minimum atomic E-state index is 1.07. The summed E-state index contributed by atoms with van der Waals surface area (Å²) in [4.78, 5) is 0. The van der Waals surface area contributed by atoms with Gasteiger partial charge < -0.3 is 4.48 Å². The first kappa shape index (κ1) is 11.0. The maximum atomic E-state index is 2.29. The largest absolute Gasteiger partial charge is 0.331 e. The quantitative estimate of drug-likeness (QED) is 0.589. The van der Waals surface area contributed by atoms with Crippen LogP contribution in [0.3, 0.4) is 0 Å². The van der Waals surface area contributed by atoms with Crippen molar-refractivity contribution in [1.29, 1.82) is 0 Å². The zero-order valence-electron chi connectivity index (χ0n) is 9.68. The molecule has 1 rings (SSSR count). The third-order valence-electron chi connectivity index (χ3n) is 3.17. The van der Waals surface area contributed by atoms with Crippen LogP contribution >= 0.6 is 0 Å². The second kappa shape index (κ2) is 4.99. The molecule has 0 aliphatic heterocycles. The molecule has 0 atom stereocenters. The number of hydrogen-bond donors (Lipinski definition) is 0. The molecule has 0 aromatic rings. The summed E-state index contributed by atoms with van der Waals surface area (Å²) in [7, 11) is 6.88. The number of rotatable bonds is 4. The topological polar surface area (TPSA) is 0 Å². The lowest BCUT2D eigenvalue weighted by molar-refractivity contribution is -0.870. The number of quaternary nitrogens is 1. The Labute approximate surface area is 83.7 Å². The average Bonchev–Trinajstić information content (AvgIpc) is 2.04. The number of hydrogen-bond acceptors (Lipinski definition) is 0. The number of nitrogens with zero attached hydrogens (tertiary/aromatic N) is 1. The average molecular weight is 184 g/mol. The summed E-state index contributed by atoms with van der Waals surface area (Å²) in [5.74, 6) is 1.07. The van der Waals surface area contributed by atoms with Gasteiger partial charge >= 0.3 is 0 Å². The Bertz CT molecular complexity index is 129. The molecule has 1 fully saturated rings. The van der Waals surface area contributed by atoms with Crippen molar-refractivity contribution in [1.82, 2.24) is 0 Å². The van der Waals surface area contributed by atoms with Gasteiger partial charge in [-0.1, -0.05) is 32.1 Å². The fraction of sp³-hybridized carbons (Fsp3) is 1.00. The molecule has 0 bridgehead atoms. The Morgan fingerprint density at radius 3 is 2.15 bits per heavy atom. The molecule has 1 aliphatic carbocycles. The van der Waals surface area contributed by atoms with Gasteiger partial charge in [0, 0.05) is 0 Å². The SMILES string of the molecule is C[N+](C)(C)CCCC1CCCCC1. The van der Waals surface area contributed by atoms with E-state index in [0.717, 1.165) is 10.4 Å². The van der Waals surface area contributed by atoms with E-state index in [4.69, 9.17) is 0 Å². The normalized spacial score (nSPS) is 20.5. The first-order valence-electron chi connectivity index (χ1n) is 5.88. The van der Waals surface area contributed by atoms with Crippen molar-refractivity contribution in [2.45, 2.75) is 44.9 Å². The van der Waals surface area contributed by atoms with Crippen molar-refractivity contribution in [2.75, 3.05) is 27.7 Å². The van der Waals surface area contributed by atoms with Crippen molar-refractivity contribution < 1.29 is 4.48 Å². The van der Waals surface area contributed by atoms with Crippen LogP contribution in [-0.4, -0.2) is 32.2 Å². The van der Waals surface area contributed by atoms with Crippen molar-refractivity contribution in [3.05, 3.63) is 0 Å². The van der Waals surface area contributed by atoms with E-state index in [0.29, 0.717) is 0 Å². The van der Waals surface area contributed by atoms with Crippen LogP contribution in [0.15, 0.2) is 0 Å². The Balaban J connectivity index is 2.04. The van der Waals surface area contributed by atoms with Gasteiger partial charge in [0.2, 0.25) is 0 Å². The maximum absolute atomic E-state index is 2.29. The molecule has 0 heterocycles. The van der Waals surface area contributed by atoms with Crippen LogP contribution in [-0.2, 0) is 0 Å². The highest BCUT2D eigenvalue weighted by Crippen LogP contribution is 2.27. The maximum Gasteiger partial charge on any atom is 0.0780 e. The van der Waals surface area contributed by atoms with Crippen molar-refractivity contribution in [2.24, 2.45) is 5.92 Å². The Morgan fingerprint density at radius 2 is 1.62 bits per heavy atom. The molecule has 1 saturated carbocycles. The zero-order valence-corrected chi connectivity index (χ0v) is 9.68. The minimum absolute atomic E-state index is 1.07. The van der Waals surface area contributed by atoms with Crippen LogP contribution in [0.2, 0.25) is 0 Å². The predicted octanol–water partition coefficient (Wildman–Crippen LogP) is 3.05. The zero-order chi connectivity index (χ0) is 9.73. The molecule has 0 unspecified atom stereocenters. The molecule has 1 nitrogen and oxygen atoms in total. The molecule has 0 aromatic carbocycles. The van der Waals surface area contributed by atoms with E-state index in [-0.39, 0.29) is 0 Å². The van der Waals surface area contributed by atoms with E-state index >= 15 is 0 Å². The monoisotopic (exact) mass is 184 g/mol. The van der Waals surface area contributed by atoms with Crippen LogP contribution in [0.25, 0.3) is 0 Å². The van der Waals surface area contributed by atoms with Crippen LogP contribution in [0.1, 0.15) is 44.9 Å². The molecule has 0 radical (unpaired) electrons. The molecule has 1 aliphatic rings. The van der Waals surface area contributed by atoms with Gasteiger partial charge in [-0.2, -0.15) is 0 Å². The van der Waals surface area contributed by atoms with Crippen LogP contribution < -0.4 is 0 Å². The molecule has 1 heteroatoms. The van der Waals surface area contributed by atoms with Gasteiger partial charge in [-0.25, -0.2) is 0 Å². The minimum Gasteiger partial charge on any atom is -0.331 e. The molecule has 13 heavy (non-hydrogen) atoms. The fourth-order valence-electron chi connectivity index (χ4n) is 2.33. The second-order valence-corrected chi connectivity index (χ2v) is 5.66. The molecular weight excluding hydrogens is 158 g/mol. The summed E-state index contributed by atoms with van der Waals surface area (Å²) < 4.78 is 1.13. The Morgan fingerprint density at radius 1 is 1.00 bits per heavy atom. The Hall–Kier alpha value is -0.0400. The third kappa shape index (κ3) is 5.30. The van der Waals surface area contributed by atoms with Gasteiger partial charge in [-0.05, 0) is 18.8 Å². The Kier molecular flexibility index (Phi) is 4.24. The van der Waals surface area contributed by atoms with E-state index in [1.807, 2.05) is 0 Å². The second-order valence-electron chi connectivity index (χ2n) is 5.66. The van der Waals surface area contributed by atoms with E-state index in [2.05, 4.69) is 21.1 Å². The molecule has 0 amide bonds. The summed E-state index contributed by atoms with van der Waals surface area (Å²) in [5, 5.41) is 0. The van der Waals surface area contributed by atoms with Crippen molar-refractivity contribution in [3.63, 3.8) is 0 Å². The van der Waals surface area contributed by atoms with Crippen molar-refractivity contribution in [3.8, 4) is 0 Å². The highest BCUT2D eigenvalue weighted by Gasteiger charge is 2.14. The highest BCUT2D eigenvalue weighted by molar-refractivity contribution is 4.65. The first-order valence-corrected chi connectivity index (χ1v) is 5.88. The summed E-state index contributed by atoms with van der Waals surface area (Å²) in [6, 6.07) is 0. The predicted molar refractivity (Wildman–Crippen MR) is 58.7 cm³/mol. The van der Waals surface area contributed by atoms with Crippen LogP contribution in [0.4, 0.5) is 0 Å². The molecular formula is C12H26N+. The smallest absolute Gasteiger partial charge is 0.0780 e. The highest BCUT2D eigenvalue weighted by atomic mass is 15.3. The van der Waals surface area contributed by atoms with Gasteiger partial charge in [0.25, 0.3) is 0 Å². The summed E-state index contributed by atoms with van der Waals surface area (Å²) in [6.07, 6.45) is 10.4. The summed E-state index contributed by atoms with van der Waals surface area (Å²) >= 11 is 0. The molecule has 0 saturated heterocycles. The lowest BCUT2D eigenvalue weighted by atomic mass is 9.86. The molecule has 0 spiro atoms. The van der Waals surface area contributed by atoms with Crippen LogP contribution in [0, 0.1) is 5.92 Å². The van der Waals surface area contributed by atoms with Gasteiger partial charge in [-0.3, -0.25) is 0 Å². The standard InChI is InChI=1S/C12H26N/c1-13(2,3)11-7-10-12-8-5-4-6-9-12/h12H,4-11H2,1-3H3/q+1. The summed E-state index contributed by atoms with van der Waals surface area (Å²) in [5.41, 5.74) is 0. The lowest BCUT2D eigenvalue weighted by Gasteiger charge is -2.26. The summed E-state index contributed by atoms with van der Waals surface area (Å²) in [6.45, 7) is 1.34. The van der Waals surface area contributed by atoms with Gasteiger partial charge in [0.1, 0.15) is 0 Å². The van der Waals surface area contributed by atoms with E-state index in [1.165, 1.54) is 51.5 Å². The molecule has 0 N–H and O–H groups in total. The van der Waals surface area contributed by atoms with Gasteiger partial charge in [-0.15, -0.1) is 0 Å². The lowest BCUT2D eigenvalue weighted by Crippen LogP contribution is -2.35. The van der Waals surface area contributed by atoms with Crippen LogP contribution in [0.5, 0.6) is 0 Å². The van der Waals surface area contributed by atoms with Gasteiger partial charge in [0.15, 0.2) is 0 Å². The molecule has 78 valence electrons. The molecule has 0 aromatic heterocycles. The van der Waals surface area contributed by atoms with E-state index in [1.54, 1.807) is 0 Å². The van der Waals surface area contributed by atoms with Gasteiger partial charge in [0.05, 0.1) is 27.7 Å². The fourth-order valence-corrected chi connectivity index (χ4v) is 2.33. The van der Waals surface area contributed by atoms with E-state index < -0.39 is 0 Å². The first-order chi connectivity index (χ1) is 6.08. The van der Waals surface area contributed by atoms with Crippen molar-refractivity contribution >= 4 is 0 Å².